The van der Waals surface area contributed by atoms with Crippen LogP contribution in [0.5, 0.6) is 0 Å². The van der Waals surface area contributed by atoms with Crippen LogP contribution in [-0.2, 0) is 0 Å². The molecule has 2 aromatic rings. The number of halogens is 3. The second kappa shape index (κ2) is 9.02. The summed E-state index contributed by atoms with van der Waals surface area (Å²) in [5.41, 5.74) is 1.61. The van der Waals surface area contributed by atoms with E-state index in [2.05, 4.69) is 10.3 Å². The molecule has 0 unspecified atom stereocenters. The molecule has 2 rings (SSSR count). The third kappa shape index (κ3) is 5.70. The second-order valence-corrected chi connectivity index (χ2v) is 7.70. The van der Waals surface area contributed by atoms with Crippen molar-refractivity contribution in [2.75, 3.05) is 16.2 Å². The summed E-state index contributed by atoms with van der Waals surface area (Å²) in [6, 6.07) is 6.48. The number of carbonyl (C=O) groups excluding carboxylic acids is 1. The molecule has 0 atom stereocenters. The molecule has 5 nitrogen and oxygen atoms in total. The minimum atomic E-state index is -0.103. The Balaban J connectivity index is 1.93. The summed E-state index contributed by atoms with van der Waals surface area (Å²) in [5.74, 6) is 6.24. The van der Waals surface area contributed by atoms with Crippen molar-refractivity contribution in [2.45, 2.75) is 6.92 Å². The third-order valence-corrected chi connectivity index (χ3v) is 5.28. The summed E-state index contributed by atoms with van der Waals surface area (Å²) in [5, 5.41) is 5.60. The summed E-state index contributed by atoms with van der Waals surface area (Å²) >= 11 is 24.5. The van der Waals surface area contributed by atoms with E-state index in [1.807, 2.05) is 0 Å². The number of hydrogen-bond donors (Lipinski definition) is 2. The highest BCUT2D eigenvalue weighted by molar-refractivity contribution is 8.23. The van der Waals surface area contributed by atoms with Gasteiger partial charge < -0.3 is 5.32 Å². The Labute approximate surface area is 169 Å². The zero-order valence-corrected chi connectivity index (χ0v) is 16.8. The van der Waals surface area contributed by atoms with Gasteiger partial charge >= 0.3 is 0 Å². The van der Waals surface area contributed by atoms with Crippen molar-refractivity contribution in [3.05, 3.63) is 51.2 Å². The molecule has 10 heteroatoms. The van der Waals surface area contributed by atoms with Gasteiger partial charge in [0.25, 0.3) is 0 Å². The standard InChI is InChI=1S/C15H13Cl3N4OS2/c1-8(23)13-3-2-9(6-20-13)22(19)7-25-15(24)21-14-5-11(17)10(16)4-12(14)18/h2-6H,7,19H2,1H3,(H,21,24). The van der Waals surface area contributed by atoms with Crippen LogP contribution in [0.4, 0.5) is 11.4 Å². The molecule has 0 saturated carbocycles. The SMILES string of the molecule is CC(=O)c1ccc(N(N)CSC(=S)Nc2cc(Cl)c(Cl)cc2Cl)cn1. The fourth-order valence-corrected chi connectivity index (χ4v) is 3.18. The van der Waals surface area contributed by atoms with Crippen LogP contribution in [0.2, 0.25) is 15.1 Å². The number of ketones is 1. The molecule has 0 bridgehead atoms. The van der Waals surface area contributed by atoms with E-state index in [-0.39, 0.29) is 5.78 Å². The summed E-state index contributed by atoms with van der Waals surface area (Å²) in [4.78, 5) is 15.3. The third-order valence-electron chi connectivity index (χ3n) is 3.02. The highest BCUT2D eigenvalue weighted by Crippen LogP contribution is 2.32. The van der Waals surface area contributed by atoms with E-state index >= 15 is 0 Å². The van der Waals surface area contributed by atoms with Gasteiger partial charge in [0.15, 0.2) is 5.78 Å². The van der Waals surface area contributed by atoms with Gasteiger partial charge in [-0.1, -0.05) is 58.8 Å². The van der Waals surface area contributed by atoms with Crippen molar-refractivity contribution < 1.29 is 4.79 Å². The zero-order valence-electron chi connectivity index (χ0n) is 12.9. The first-order valence-electron chi connectivity index (χ1n) is 6.85. The summed E-state index contributed by atoms with van der Waals surface area (Å²) in [6.45, 7) is 1.45. The molecule has 0 aliphatic carbocycles. The Kier molecular flexibility index (Phi) is 7.30. The maximum Gasteiger partial charge on any atom is 0.178 e. The molecule has 1 heterocycles. The van der Waals surface area contributed by atoms with Crippen LogP contribution in [-0.4, -0.2) is 21.0 Å². The molecule has 0 radical (unpaired) electrons. The van der Waals surface area contributed by atoms with Crippen molar-refractivity contribution in [2.24, 2.45) is 5.84 Å². The smallest absolute Gasteiger partial charge is 0.178 e. The van der Waals surface area contributed by atoms with Crippen LogP contribution in [0.1, 0.15) is 17.4 Å². The maximum atomic E-state index is 11.2. The highest BCUT2D eigenvalue weighted by atomic mass is 35.5. The predicted octanol–water partition coefficient (Wildman–Crippen LogP) is 5.01. The molecule has 132 valence electrons. The van der Waals surface area contributed by atoms with Crippen molar-refractivity contribution in [1.82, 2.24) is 4.98 Å². The monoisotopic (exact) mass is 434 g/mol. The largest absolute Gasteiger partial charge is 0.340 e. The van der Waals surface area contributed by atoms with Gasteiger partial charge in [0.05, 0.1) is 38.5 Å². The van der Waals surface area contributed by atoms with E-state index in [0.29, 0.717) is 42.3 Å². The van der Waals surface area contributed by atoms with Gasteiger partial charge in [0, 0.05) is 6.92 Å². The van der Waals surface area contributed by atoms with E-state index in [0.717, 1.165) is 0 Å². The molecule has 0 amide bonds. The number of hydrazine groups is 1. The number of carbonyl (C=O) groups is 1. The summed E-state index contributed by atoms with van der Waals surface area (Å²) in [7, 11) is 0. The first-order valence-corrected chi connectivity index (χ1v) is 9.38. The summed E-state index contributed by atoms with van der Waals surface area (Å²) in [6.07, 6.45) is 1.53. The molecule has 0 aliphatic rings. The first-order chi connectivity index (χ1) is 11.8. The van der Waals surface area contributed by atoms with Crippen LogP contribution < -0.4 is 16.2 Å². The molecule has 0 spiro atoms. The zero-order chi connectivity index (χ0) is 18.6. The normalized spacial score (nSPS) is 10.4. The van der Waals surface area contributed by atoms with Gasteiger partial charge in [-0.15, -0.1) is 0 Å². The molecular weight excluding hydrogens is 423 g/mol. The molecule has 0 fully saturated rings. The number of anilines is 2. The van der Waals surface area contributed by atoms with Gasteiger partial charge in [-0.25, -0.2) is 5.84 Å². The van der Waals surface area contributed by atoms with Crippen LogP contribution >= 0.6 is 58.8 Å². The summed E-state index contributed by atoms with van der Waals surface area (Å²) < 4.78 is 0.462. The second-order valence-electron chi connectivity index (χ2n) is 4.86. The van der Waals surface area contributed by atoms with Crippen molar-refractivity contribution in [3.8, 4) is 0 Å². The Morgan fingerprint density at radius 1 is 1.28 bits per heavy atom. The Bertz CT molecular complexity index is 802. The quantitative estimate of drug-likeness (QED) is 0.171. The molecule has 0 aliphatic heterocycles. The minimum Gasteiger partial charge on any atom is -0.340 e. The Morgan fingerprint density at radius 2 is 1.96 bits per heavy atom. The van der Waals surface area contributed by atoms with E-state index < -0.39 is 0 Å². The predicted molar refractivity (Wildman–Crippen MR) is 111 cm³/mol. The number of nitrogens with two attached hydrogens (primary N) is 1. The number of thiocarbonyl (C=S) groups is 1. The van der Waals surface area contributed by atoms with Crippen molar-refractivity contribution in [3.63, 3.8) is 0 Å². The number of aromatic nitrogens is 1. The number of rotatable bonds is 5. The van der Waals surface area contributed by atoms with Gasteiger partial charge in [0.2, 0.25) is 0 Å². The lowest BCUT2D eigenvalue weighted by Crippen LogP contribution is -2.31. The van der Waals surface area contributed by atoms with Crippen molar-refractivity contribution in [1.29, 1.82) is 0 Å². The van der Waals surface area contributed by atoms with Crippen LogP contribution in [0, 0.1) is 0 Å². The lowest BCUT2D eigenvalue weighted by molar-refractivity contribution is 0.101. The fraction of sp³-hybridized carbons (Fsp3) is 0.133. The maximum absolute atomic E-state index is 11.2. The molecule has 0 saturated heterocycles. The number of thioether (sulfide) groups is 1. The van der Waals surface area contributed by atoms with Gasteiger partial charge in [-0.3, -0.25) is 14.8 Å². The van der Waals surface area contributed by atoms with E-state index in [9.17, 15) is 4.79 Å². The van der Waals surface area contributed by atoms with Crippen LogP contribution in [0.3, 0.4) is 0 Å². The van der Waals surface area contributed by atoms with E-state index in [1.165, 1.54) is 29.9 Å². The number of pyridine rings is 1. The topological polar surface area (TPSA) is 71.2 Å². The van der Waals surface area contributed by atoms with Crippen LogP contribution in [0.25, 0.3) is 0 Å². The number of Topliss-reactive ketones (excluding diaryl/α,β-unsaturated/α-hetero) is 1. The lowest BCUT2D eigenvalue weighted by atomic mass is 10.2. The van der Waals surface area contributed by atoms with E-state index in [4.69, 9.17) is 52.9 Å². The van der Waals surface area contributed by atoms with Crippen molar-refractivity contribution >= 4 is 80.3 Å². The molecule has 1 aromatic heterocycles. The molecule has 3 N–H and O–H groups in total. The Morgan fingerprint density at radius 3 is 2.56 bits per heavy atom. The first kappa shape index (κ1) is 20.2. The average molecular weight is 436 g/mol. The number of nitrogens with zero attached hydrogens (tertiary/aromatic N) is 2. The number of nitrogens with one attached hydrogen (secondary N) is 1. The number of benzene rings is 1. The molecule has 25 heavy (non-hydrogen) atoms. The minimum absolute atomic E-state index is 0.103. The van der Waals surface area contributed by atoms with Gasteiger partial charge in [-0.2, -0.15) is 0 Å². The average Bonchev–Trinajstić information content (AvgIpc) is 2.57. The van der Waals surface area contributed by atoms with Gasteiger partial charge in [0.1, 0.15) is 10.0 Å². The number of hydrogen-bond acceptors (Lipinski definition) is 6. The van der Waals surface area contributed by atoms with Gasteiger partial charge in [-0.05, 0) is 24.3 Å². The Hall–Kier alpha value is -1.09. The fourth-order valence-electron chi connectivity index (χ4n) is 1.73. The molecule has 1 aromatic carbocycles. The molecular formula is C15H13Cl3N4OS2. The highest BCUT2D eigenvalue weighted by Gasteiger charge is 2.10. The van der Waals surface area contributed by atoms with Crippen LogP contribution in [0.15, 0.2) is 30.5 Å². The lowest BCUT2D eigenvalue weighted by Gasteiger charge is -2.18. The van der Waals surface area contributed by atoms with E-state index in [1.54, 1.807) is 24.3 Å².